The largest absolute Gasteiger partial charge is 0.494 e. The Morgan fingerprint density at radius 3 is 2.60 bits per heavy atom. The summed E-state index contributed by atoms with van der Waals surface area (Å²) in [6, 6.07) is 12.2. The fourth-order valence-electron chi connectivity index (χ4n) is 3.80. The van der Waals surface area contributed by atoms with E-state index in [1.807, 2.05) is 31.2 Å². The molecule has 1 saturated heterocycles. The van der Waals surface area contributed by atoms with Gasteiger partial charge in [-0.1, -0.05) is 25.1 Å². The number of ether oxygens (including phenoxy) is 1. The Labute approximate surface area is 177 Å². The van der Waals surface area contributed by atoms with E-state index in [2.05, 4.69) is 11.8 Å². The average molecular weight is 412 g/mol. The average Bonchev–Trinajstić information content (AvgIpc) is 2.75. The second-order valence-corrected chi connectivity index (χ2v) is 7.83. The van der Waals surface area contributed by atoms with E-state index in [4.69, 9.17) is 4.74 Å². The molecule has 30 heavy (non-hydrogen) atoms. The van der Waals surface area contributed by atoms with Crippen LogP contribution < -0.4 is 9.64 Å². The number of rotatable bonds is 7. The van der Waals surface area contributed by atoms with Crippen LogP contribution in [0.25, 0.3) is 0 Å². The molecule has 1 fully saturated rings. The minimum Gasteiger partial charge on any atom is -0.494 e. The predicted molar refractivity (Wildman–Crippen MR) is 117 cm³/mol. The van der Waals surface area contributed by atoms with Crippen LogP contribution in [0, 0.1) is 16.0 Å². The van der Waals surface area contributed by atoms with Crippen molar-refractivity contribution in [2.75, 3.05) is 31.6 Å². The summed E-state index contributed by atoms with van der Waals surface area (Å²) in [5.74, 6) is 1.15. The molecule has 7 heteroatoms. The first kappa shape index (κ1) is 21.6. The molecule has 0 spiro atoms. The zero-order valence-corrected chi connectivity index (χ0v) is 17.8. The van der Waals surface area contributed by atoms with Crippen molar-refractivity contribution in [1.29, 1.82) is 0 Å². The van der Waals surface area contributed by atoms with Gasteiger partial charge in [0.2, 0.25) is 0 Å². The third-order valence-electron chi connectivity index (χ3n) is 5.57. The molecule has 0 bridgehead atoms. The van der Waals surface area contributed by atoms with Gasteiger partial charge >= 0.3 is 0 Å². The first-order valence-electron chi connectivity index (χ1n) is 10.4. The number of nitrogens with zero attached hydrogens (tertiary/aromatic N) is 3. The standard InChI is InChI=1S/C23H29N3O4/c1-4-30-22-8-6-5-7-18(22)16-24(3)23(27)20-15-19(26(28)29)9-10-21(20)25-13-11-17(2)12-14-25/h5-10,15,17H,4,11-14,16H2,1-3H3. The molecule has 0 N–H and O–H groups in total. The Morgan fingerprint density at radius 2 is 1.93 bits per heavy atom. The summed E-state index contributed by atoms with van der Waals surface area (Å²) in [7, 11) is 1.71. The summed E-state index contributed by atoms with van der Waals surface area (Å²) in [5.41, 5.74) is 1.96. The van der Waals surface area contributed by atoms with Crippen LogP contribution in [-0.2, 0) is 6.54 Å². The van der Waals surface area contributed by atoms with Gasteiger partial charge in [0.05, 0.1) is 22.8 Å². The highest BCUT2D eigenvalue weighted by Crippen LogP contribution is 2.31. The molecule has 7 nitrogen and oxygen atoms in total. The quantitative estimate of drug-likeness (QED) is 0.495. The van der Waals surface area contributed by atoms with E-state index >= 15 is 0 Å². The summed E-state index contributed by atoms with van der Waals surface area (Å²) in [4.78, 5) is 28.0. The van der Waals surface area contributed by atoms with Crippen LogP contribution in [0.3, 0.4) is 0 Å². The van der Waals surface area contributed by atoms with E-state index in [-0.39, 0.29) is 11.6 Å². The summed E-state index contributed by atoms with van der Waals surface area (Å²) in [6.07, 6.45) is 2.09. The number of para-hydroxylation sites is 1. The second-order valence-electron chi connectivity index (χ2n) is 7.83. The number of carbonyl (C=O) groups excluding carboxylic acids is 1. The maximum absolute atomic E-state index is 13.4. The molecular weight excluding hydrogens is 382 g/mol. The third-order valence-corrected chi connectivity index (χ3v) is 5.57. The number of nitro benzene ring substituents is 1. The van der Waals surface area contributed by atoms with E-state index in [1.165, 1.54) is 12.1 Å². The smallest absolute Gasteiger partial charge is 0.270 e. The normalized spacial score (nSPS) is 14.4. The highest BCUT2D eigenvalue weighted by Gasteiger charge is 2.25. The van der Waals surface area contributed by atoms with Gasteiger partial charge in [0, 0.05) is 44.4 Å². The molecule has 1 amide bonds. The van der Waals surface area contributed by atoms with Gasteiger partial charge in [0.15, 0.2) is 0 Å². The minimum absolute atomic E-state index is 0.0735. The number of benzene rings is 2. The molecular formula is C23H29N3O4. The number of nitro groups is 1. The zero-order chi connectivity index (χ0) is 21.7. The van der Waals surface area contributed by atoms with Crippen molar-refractivity contribution in [2.24, 2.45) is 5.92 Å². The van der Waals surface area contributed by atoms with Crippen molar-refractivity contribution in [2.45, 2.75) is 33.2 Å². The Bertz CT molecular complexity index is 907. The number of hydrogen-bond donors (Lipinski definition) is 0. The van der Waals surface area contributed by atoms with Gasteiger partial charge in [-0.15, -0.1) is 0 Å². The van der Waals surface area contributed by atoms with Crippen molar-refractivity contribution >= 4 is 17.3 Å². The van der Waals surface area contributed by atoms with Crippen LogP contribution in [0.5, 0.6) is 5.75 Å². The molecule has 0 aromatic heterocycles. The van der Waals surface area contributed by atoms with Gasteiger partial charge in [-0.3, -0.25) is 14.9 Å². The van der Waals surface area contributed by atoms with E-state index in [0.717, 1.165) is 42.9 Å². The Morgan fingerprint density at radius 1 is 1.23 bits per heavy atom. The predicted octanol–water partition coefficient (Wildman–Crippen LogP) is 4.50. The van der Waals surface area contributed by atoms with Gasteiger partial charge in [0.1, 0.15) is 5.75 Å². The lowest BCUT2D eigenvalue weighted by Crippen LogP contribution is -2.35. The topological polar surface area (TPSA) is 75.9 Å². The molecule has 0 saturated carbocycles. The lowest BCUT2D eigenvalue weighted by Gasteiger charge is -2.33. The van der Waals surface area contributed by atoms with Crippen molar-refractivity contribution in [1.82, 2.24) is 4.90 Å². The fourth-order valence-corrected chi connectivity index (χ4v) is 3.80. The SMILES string of the molecule is CCOc1ccccc1CN(C)C(=O)c1cc([N+](=O)[O-])ccc1N1CCC(C)CC1. The van der Waals surface area contributed by atoms with Crippen LogP contribution in [0.2, 0.25) is 0 Å². The van der Waals surface area contributed by atoms with Crippen molar-refractivity contribution in [3.63, 3.8) is 0 Å². The molecule has 0 radical (unpaired) electrons. The highest BCUT2D eigenvalue weighted by molar-refractivity contribution is 6.00. The lowest BCUT2D eigenvalue weighted by molar-refractivity contribution is -0.384. The van der Waals surface area contributed by atoms with Gasteiger partial charge in [-0.25, -0.2) is 0 Å². The van der Waals surface area contributed by atoms with Gasteiger partial charge in [-0.05, 0) is 37.8 Å². The summed E-state index contributed by atoms with van der Waals surface area (Å²) in [5, 5.41) is 11.3. The molecule has 0 atom stereocenters. The highest BCUT2D eigenvalue weighted by atomic mass is 16.6. The monoisotopic (exact) mass is 411 g/mol. The number of anilines is 1. The first-order chi connectivity index (χ1) is 14.4. The fraction of sp³-hybridized carbons (Fsp3) is 0.435. The van der Waals surface area contributed by atoms with Crippen LogP contribution >= 0.6 is 0 Å². The van der Waals surface area contributed by atoms with E-state index in [9.17, 15) is 14.9 Å². The summed E-state index contributed by atoms with van der Waals surface area (Å²) >= 11 is 0. The van der Waals surface area contributed by atoms with Crippen LogP contribution in [0.15, 0.2) is 42.5 Å². The van der Waals surface area contributed by atoms with Crippen LogP contribution in [-0.4, -0.2) is 42.5 Å². The minimum atomic E-state index is -0.455. The first-order valence-corrected chi connectivity index (χ1v) is 10.4. The molecule has 1 aliphatic heterocycles. The third kappa shape index (κ3) is 4.90. The number of carbonyl (C=O) groups is 1. The zero-order valence-electron chi connectivity index (χ0n) is 17.8. The van der Waals surface area contributed by atoms with Gasteiger partial charge in [0.25, 0.3) is 11.6 Å². The van der Waals surface area contributed by atoms with Gasteiger partial charge < -0.3 is 14.5 Å². The molecule has 0 aliphatic carbocycles. The molecule has 2 aromatic rings. The molecule has 3 rings (SSSR count). The van der Waals surface area contributed by atoms with Gasteiger partial charge in [-0.2, -0.15) is 0 Å². The summed E-state index contributed by atoms with van der Waals surface area (Å²) < 4.78 is 5.67. The molecule has 160 valence electrons. The molecule has 1 heterocycles. The van der Waals surface area contributed by atoms with Crippen LogP contribution in [0.4, 0.5) is 11.4 Å². The molecule has 0 unspecified atom stereocenters. The number of hydrogen-bond acceptors (Lipinski definition) is 5. The number of amides is 1. The number of non-ortho nitro benzene ring substituents is 1. The van der Waals surface area contributed by atoms with Crippen LogP contribution in [0.1, 0.15) is 42.6 Å². The Hall–Kier alpha value is -3.09. The van der Waals surface area contributed by atoms with Crippen molar-refractivity contribution in [3.05, 3.63) is 63.7 Å². The summed E-state index contributed by atoms with van der Waals surface area (Å²) in [6.45, 7) is 6.72. The van der Waals surface area contributed by atoms with E-state index < -0.39 is 4.92 Å². The van der Waals surface area contributed by atoms with Crippen molar-refractivity contribution < 1.29 is 14.5 Å². The van der Waals surface area contributed by atoms with E-state index in [0.29, 0.717) is 24.6 Å². The maximum atomic E-state index is 13.4. The second kappa shape index (κ2) is 9.61. The van der Waals surface area contributed by atoms with E-state index in [1.54, 1.807) is 18.0 Å². The lowest BCUT2D eigenvalue weighted by atomic mass is 9.97. The molecule has 2 aromatic carbocycles. The molecule has 1 aliphatic rings. The number of piperidine rings is 1. The van der Waals surface area contributed by atoms with Crippen molar-refractivity contribution in [3.8, 4) is 5.75 Å². The maximum Gasteiger partial charge on any atom is 0.270 e. The Kier molecular flexibility index (Phi) is 6.92. The Balaban J connectivity index is 1.89.